The largest absolute Gasteiger partial charge is 0.396 e. The summed E-state index contributed by atoms with van der Waals surface area (Å²) in [5.74, 6) is 0. The van der Waals surface area contributed by atoms with E-state index in [1.165, 1.54) is 18.2 Å². The van der Waals surface area contributed by atoms with E-state index in [-0.39, 0.29) is 11.5 Å². The maximum atomic E-state index is 12.2. The van der Waals surface area contributed by atoms with E-state index in [1.807, 2.05) is 0 Å². The van der Waals surface area contributed by atoms with Crippen molar-refractivity contribution in [1.29, 1.82) is 0 Å². The highest BCUT2D eigenvalue weighted by molar-refractivity contribution is 7.89. The molecule has 9 heteroatoms. The Morgan fingerprint density at radius 2 is 2.00 bits per heavy atom. The van der Waals surface area contributed by atoms with Crippen LogP contribution in [-0.2, 0) is 10.0 Å². The lowest BCUT2D eigenvalue weighted by Crippen LogP contribution is -2.40. The van der Waals surface area contributed by atoms with E-state index >= 15 is 0 Å². The molecular weight excluding hydrogens is 310 g/mol. The van der Waals surface area contributed by atoms with Gasteiger partial charge in [0.25, 0.3) is 5.69 Å². The molecule has 0 saturated heterocycles. The molecule has 0 bridgehead atoms. The van der Waals surface area contributed by atoms with E-state index in [9.17, 15) is 18.5 Å². The first kappa shape index (κ1) is 18.5. The normalized spacial score (nSPS) is 13.0. The van der Waals surface area contributed by atoms with Crippen molar-refractivity contribution >= 4 is 15.7 Å². The van der Waals surface area contributed by atoms with Gasteiger partial charge in [0.1, 0.15) is 0 Å². The highest BCUT2D eigenvalue weighted by Crippen LogP contribution is 2.22. The summed E-state index contributed by atoms with van der Waals surface area (Å²) in [4.78, 5) is 9.85. The standard InChI is InChI=1S/C13H21N3O5S/c1-11(10-14-8-4-5-9-17)15-22(20,21)13-7-3-2-6-12(13)16(18)19/h2-3,6-7,11,14-15,17H,4-5,8-10H2,1H3/t11-/m1/s1. The lowest BCUT2D eigenvalue weighted by atomic mass is 10.3. The van der Waals surface area contributed by atoms with Gasteiger partial charge in [0.15, 0.2) is 4.90 Å². The third kappa shape index (κ3) is 5.68. The van der Waals surface area contributed by atoms with E-state index in [2.05, 4.69) is 10.0 Å². The molecule has 0 fully saturated rings. The topological polar surface area (TPSA) is 122 Å². The van der Waals surface area contributed by atoms with Crippen LogP contribution in [-0.4, -0.2) is 44.2 Å². The van der Waals surface area contributed by atoms with Crippen molar-refractivity contribution in [3.63, 3.8) is 0 Å². The van der Waals surface area contributed by atoms with Gasteiger partial charge in [-0.25, -0.2) is 13.1 Å². The molecule has 1 aromatic carbocycles. The predicted molar refractivity (Wildman–Crippen MR) is 82.1 cm³/mol. The minimum absolute atomic E-state index is 0.127. The molecule has 0 unspecified atom stereocenters. The molecule has 0 aliphatic carbocycles. The molecule has 0 aromatic heterocycles. The second-order valence-electron chi connectivity index (χ2n) is 4.88. The number of nitro groups is 1. The van der Waals surface area contributed by atoms with Gasteiger partial charge in [0.05, 0.1) is 4.92 Å². The Balaban J connectivity index is 2.66. The van der Waals surface area contributed by atoms with Crippen LogP contribution >= 0.6 is 0 Å². The Labute approximate surface area is 129 Å². The summed E-state index contributed by atoms with van der Waals surface area (Å²) in [7, 11) is -3.95. The van der Waals surface area contributed by atoms with Gasteiger partial charge in [0.2, 0.25) is 10.0 Å². The van der Waals surface area contributed by atoms with Crippen LogP contribution < -0.4 is 10.0 Å². The molecule has 0 aliphatic rings. The highest BCUT2D eigenvalue weighted by atomic mass is 32.2. The first-order valence-corrected chi connectivity index (χ1v) is 8.44. The van der Waals surface area contributed by atoms with Gasteiger partial charge < -0.3 is 10.4 Å². The van der Waals surface area contributed by atoms with Crippen LogP contribution in [0.4, 0.5) is 5.69 Å². The molecule has 0 amide bonds. The quantitative estimate of drug-likeness (QED) is 0.328. The number of unbranched alkanes of at least 4 members (excludes halogenated alkanes) is 1. The van der Waals surface area contributed by atoms with E-state index in [1.54, 1.807) is 6.92 Å². The lowest BCUT2D eigenvalue weighted by Gasteiger charge is -2.15. The molecule has 1 rings (SSSR count). The summed E-state index contributed by atoms with van der Waals surface area (Å²) < 4.78 is 26.9. The predicted octanol–water partition coefficient (Wildman–Crippen LogP) is 0.624. The molecule has 0 spiro atoms. The van der Waals surface area contributed by atoms with E-state index in [0.717, 1.165) is 12.5 Å². The molecule has 0 radical (unpaired) electrons. The smallest absolute Gasteiger partial charge is 0.289 e. The van der Waals surface area contributed by atoms with Crippen LogP contribution in [0.15, 0.2) is 29.2 Å². The molecule has 0 saturated carbocycles. The molecule has 1 aromatic rings. The Morgan fingerprint density at radius 3 is 2.64 bits per heavy atom. The number of aliphatic hydroxyl groups excluding tert-OH is 1. The van der Waals surface area contributed by atoms with Crippen LogP contribution in [0.1, 0.15) is 19.8 Å². The maximum absolute atomic E-state index is 12.2. The zero-order valence-corrected chi connectivity index (χ0v) is 13.2. The Morgan fingerprint density at radius 1 is 1.32 bits per heavy atom. The van der Waals surface area contributed by atoms with E-state index in [0.29, 0.717) is 19.5 Å². The summed E-state index contributed by atoms with van der Waals surface area (Å²) in [6.07, 6.45) is 1.48. The van der Waals surface area contributed by atoms with Crippen LogP contribution in [0.25, 0.3) is 0 Å². The number of benzene rings is 1. The summed E-state index contributed by atoms with van der Waals surface area (Å²) >= 11 is 0. The van der Waals surface area contributed by atoms with Crippen molar-refractivity contribution in [2.45, 2.75) is 30.7 Å². The second kappa shape index (κ2) is 8.79. The van der Waals surface area contributed by atoms with Gasteiger partial charge in [-0.3, -0.25) is 10.1 Å². The molecule has 0 aliphatic heterocycles. The number of nitrogens with zero attached hydrogens (tertiary/aromatic N) is 1. The van der Waals surface area contributed by atoms with Crippen molar-refractivity contribution in [2.75, 3.05) is 19.7 Å². The number of nitro benzene ring substituents is 1. The van der Waals surface area contributed by atoms with Crippen molar-refractivity contribution in [3.8, 4) is 0 Å². The average molecular weight is 331 g/mol. The van der Waals surface area contributed by atoms with Gasteiger partial charge in [-0.05, 0) is 32.4 Å². The number of sulfonamides is 1. The first-order chi connectivity index (χ1) is 10.4. The minimum Gasteiger partial charge on any atom is -0.396 e. The summed E-state index contributed by atoms with van der Waals surface area (Å²) in [6, 6.07) is 4.82. The van der Waals surface area contributed by atoms with Crippen LogP contribution in [0.3, 0.4) is 0 Å². The van der Waals surface area contributed by atoms with Gasteiger partial charge in [-0.15, -0.1) is 0 Å². The summed E-state index contributed by atoms with van der Waals surface area (Å²) in [5, 5.41) is 22.6. The summed E-state index contributed by atoms with van der Waals surface area (Å²) in [6.45, 7) is 2.86. The SMILES string of the molecule is C[C@H](CNCCCCO)NS(=O)(=O)c1ccccc1[N+](=O)[O-]. The number of nitrogens with one attached hydrogen (secondary N) is 2. The van der Waals surface area contributed by atoms with Gasteiger partial charge in [-0.1, -0.05) is 12.1 Å². The Kier molecular flexibility index (Phi) is 7.39. The van der Waals surface area contributed by atoms with Crippen molar-refractivity contribution < 1.29 is 18.4 Å². The maximum Gasteiger partial charge on any atom is 0.289 e. The number of aliphatic hydroxyl groups is 1. The third-order valence-corrected chi connectivity index (χ3v) is 4.56. The number of hydrogen-bond donors (Lipinski definition) is 3. The fraction of sp³-hybridized carbons (Fsp3) is 0.538. The fourth-order valence-corrected chi connectivity index (χ4v) is 3.30. The lowest BCUT2D eigenvalue weighted by molar-refractivity contribution is -0.387. The van der Waals surface area contributed by atoms with Crippen molar-refractivity contribution in [1.82, 2.24) is 10.0 Å². The minimum atomic E-state index is -3.95. The van der Waals surface area contributed by atoms with Crippen molar-refractivity contribution in [2.24, 2.45) is 0 Å². The summed E-state index contributed by atoms with van der Waals surface area (Å²) in [5.41, 5.74) is -0.446. The molecule has 22 heavy (non-hydrogen) atoms. The molecule has 124 valence electrons. The second-order valence-corrected chi connectivity index (χ2v) is 6.56. The molecule has 1 atom stereocenters. The van der Waals surface area contributed by atoms with Gasteiger partial charge in [0, 0.05) is 25.3 Å². The van der Waals surface area contributed by atoms with Gasteiger partial charge in [-0.2, -0.15) is 0 Å². The van der Waals surface area contributed by atoms with E-state index in [4.69, 9.17) is 5.11 Å². The Bertz CT molecular complexity index is 591. The van der Waals surface area contributed by atoms with Crippen LogP contribution in [0.2, 0.25) is 0 Å². The Hall–Kier alpha value is -1.55. The number of rotatable bonds is 10. The number of hydrogen-bond acceptors (Lipinski definition) is 6. The zero-order valence-electron chi connectivity index (χ0n) is 12.4. The molecule has 3 N–H and O–H groups in total. The highest BCUT2D eigenvalue weighted by Gasteiger charge is 2.26. The fourth-order valence-electron chi connectivity index (χ4n) is 1.89. The number of para-hydroxylation sites is 1. The molecular formula is C13H21N3O5S. The van der Waals surface area contributed by atoms with Crippen LogP contribution in [0, 0.1) is 10.1 Å². The zero-order chi connectivity index (χ0) is 16.6. The van der Waals surface area contributed by atoms with Crippen molar-refractivity contribution in [3.05, 3.63) is 34.4 Å². The van der Waals surface area contributed by atoms with Gasteiger partial charge >= 0.3 is 0 Å². The molecule has 0 heterocycles. The monoisotopic (exact) mass is 331 g/mol. The third-order valence-electron chi connectivity index (χ3n) is 2.92. The van der Waals surface area contributed by atoms with Crippen LogP contribution in [0.5, 0.6) is 0 Å². The molecule has 8 nitrogen and oxygen atoms in total. The first-order valence-electron chi connectivity index (χ1n) is 6.96. The average Bonchev–Trinajstić information content (AvgIpc) is 2.46. The van der Waals surface area contributed by atoms with E-state index < -0.39 is 26.7 Å².